The van der Waals surface area contributed by atoms with E-state index in [9.17, 15) is 9.59 Å². The molecule has 0 bridgehead atoms. The molecule has 0 radical (unpaired) electrons. The lowest BCUT2D eigenvalue weighted by molar-refractivity contribution is 0.0470. The second-order valence-corrected chi connectivity index (χ2v) is 7.35. The molecule has 0 amide bonds. The second kappa shape index (κ2) is 10.0. The van der Waals surface area contributed by atoms with Gasteiger partial charge in [0.15, 0.2) is 12.4 Å². The molecular weight excluding hydrogens is 432 g/mol. The fraction of sp³-hybridized carbons (Fsp3) is 0.167. The molecule has 0 N–H and O–H groups in total. The molecule has 29 heavy (non-hydrogen) atoms. The summed E-state index contributed by atoms with van der Waals surface area (Å²) in [6.45, 7) is 2.15. The first-order chi connectivity index (χ1) is 14.1. The Bertz CT molecular complexity index is 982. The molecule has 5 heteroatoms. The Morgan fingerprint density at radius 1 is 0.897 bits per heavy atom. The van der Waals surface area contributed by atoms with E-state index < -0.39 is 5.97 Å². The molecule has 148 valence electrons. The maximum Gasteiger partial charge on any atom is 0.342 e. The van der Waals surface area contributed by atoms with Crippen LogP contribution >= 0.6 is 15.9 Å². The van der Waals surface area contributed by atoms with Gasteiger partial charge in [0.05, 0.1) is 6.61 Å². The summed E-state index contributed by atoms with van der Waals surface area (Å²) in [7, 11) is 0. The summed E-state index contributed by atoms with van der Waals surface area (Å²) in [6.07, 6.45) is 0.821. The van der Waals surface area contributed by atoms with Crippen molar-refractivity contribution < 1.29 is 19.1 Å². The first-order valence-corrected chi connectivity index (χ1v) is 10.2. The van der Waals surface area contributed by atoms with Crippen molar-refractivity contribution >= 4 is 27.7 Å². The van der Waals surface area contributed by atoms with Gasteiger partial charge in [0.1, 0.15) is 11.3 Å². The number of hydrogen-bond acceptors (Lipinski definition) is 4. The van der Waals surface area contributed by atoms with Gasteiger partial charge in [0.2, 0.25) is 0 Å². The summed E-state index contributed by atoms with van der Waals surface area (Å²) >= 11 is 3.35. The van der Waals surface area contributed by atoms with Crippen molar-refractivity contribution in [2.45, 2.75) is 13.3 Å². The van der Waals surface area contributed by atoms with E-state index in [4.69, 9.17) is 9.47 Å². The Morgan fingerprint density at radius 3 is 2.28 bits per heavy atom. The SMILES string of the molecule is CCCOc1ccc(Br)cc1C(=O)OCC(=O)c1ccc(-c2ccccc2)cc1. The third-order valence-electron chi connectivity index (χ3n) is 4.27. The molecule has 0 atom stereocenters. The van der Waals surface area contributed by atoms with Crippen LogP contribution < -0.4 is 4.74 Å². The maximum atomic E-state index is 12.5. The zero-order valence-corrected chi connectivity index (χ0v) is 17.6. The van der Waals surface area contributed by atoms with Crippen LogP contribution in [-0.2, 0) is 4.74 Å². The van der Waals surface area contributed by atoms with Gasteiger partial charge >= 0.3 is 5.97 Å². The van der Waals surface area contributed by atoms with E-state index >= 15 is 0 Å². The molecule has 0 spiro atoms. The number of carbonyl (C=O) groups is 2. The average Bonchev–Trinajstić information content (AvgIpc) is 2.77. The molecule has 3 aromatic rings. The molecule has 0 unspecified atom stereocenters. The molecule has 4 nitrogen and oxygen atoms in total. The van der Waals surface area contributed by atoms with Crippen LogP contribution in [0, 0.1) is 0 Å². The molecule has 0 saturated carbocycles. The third-order valence-corrected chi connectivity index (χ3v) is 4.76. The molecule has 0 aromatic heterocycles. The molecule has 3 rings (SSSR count). The van der Waals surface area contributed by atoms with Gasteiger partial charge in [0.25, 0.3) is 0 Å². The van der Waals surface area contributed by atoms with Crippen LogP contribution in [-0.4, -0.2) is 25.0 Å². The van der Waals surface area contributed by atoms with Crippen LogP contribution in [0.25, 0.3) is 11.1 Å². The summed E-state index contributed by atoms with van der Waals surface area (Å²) in [6, 6.07) is 22.3. The van der Waals surface area contributed by atoms with Crippen molar-refractivity contribution in [3.8, 4) is 16.9 Å². The molecule has 3 aromatic carbocycles. The highest BCUT2D eigenvalue weighted by molar-refractivity contribution is 9.10. The molecule has 0 fully saturated rings. The van der Waals surface area contributed by atoms with Gasteiger partial charge in [-0.2, -0.15) is 0 Å². The van der Waals surface area contributed by atoms with Crippen molar-refractivity contribution in [2.24, 2.45) is 0 Å². The quantitative estimate of drug-likeness (QED) is 0.313. The van der Waals surface area contributed by atoms with Crippen molar-refractivity contribution in [3.05, 3.63) is 88.4 Å². The van der Waals surface area contributed by atoms with Crippen LogP contribution in [0.3, 0.4) is 0 Å². The van der Waals surface area contributed by atoms with Crippen LogP contribution in [0.4, 0.5) is 0 Å². The van der Waals surface area contributed by atoms with Crippen molar-refractivity contribution in [2.75, 3.05) is 13.2 Å². The predicted octanol–water partition coefficient (Wildman–Crippen LogP) is 5.94. The van der Waals surface area contributed by atoms with Gasteiger partial charge in [-0.3, -0.25) is 4.79 Å². The number of ketones is 1. The molecule has 0 heterocycles. The van der Waals surface area contributed by atoms with Gasteiger partial charge in [-0.05, 0) is 35.7 Å². The number of benzene rings is 3. The highest BCUT2D eigenvalue weighted by Gasteiger charge is 2.17. The maximum absolute atomic E-state index is 12.5. The van der Waals surface area contributed by atoms with E-state index in [1.54, 1.807) is 30.3 Å². The van der Waals surface area contributed by atoms with Gasteiger partial charge < -0.3 is 9.47 Å². The van der Waals surface area contributed by atoms with E-state index in [0.29, 0.717) is 23.5 Å². The normalized spacial score (nSPS) is 10.4. The van der Waals surface area contributed by atoms with E-state index in [1.807, 2.05) is 49.4 Å². The number of carbonyl (C=O) groups excluding carboxylic acids is 2. The summed E-state index contributed by atoms with van der Waals surface area (Å²) in [5.41, 5.74) is 2.88. The second-order valence-electron chi connectivity index (χ2n) is 6.43. The van der Waals surface area contributed by atoms with Crippen molar-refractivity contribution in [1.29, 1.82) is 0 Å². The summed E-state index contributed by atoms with van der Waals surface area (Å²) in [4.78, 5) is 24.9. The van der Waals surface area contributed by atoms with Crippen molar-refractivity contribution in [3.63, 3.8) is 0 Å². The first kappa shape index (κ1) is 20.8. The van der Waals surface area contributed by atoms with Crippen LogP contribution in [0.15, 0.2) is 77.3 Å². The molecular formula is C24H21BrO4. The lowest BCUT2D eigenvalue weighted by Crippen LogP contribution is -2.15. The van der Waals surface area contributed by atoms with E-state index in [0.717, 1.165) is 22.0 Å². The highest BCUT2D eigenvalue weighted by atomic mass is 79.9. The number of rotatable bonds is 8. The zero-order valence-electron chi connectivity index (χ0n) is 16.1. The lowest BCUT2D eigenvalue weighted by Gasteiger charge is -2.11. The molecule has 0 aliphatic heterocycles. The fourth-order valence-corrected chi connectivity index (χ4v) is 3.13. The Morgan fingerprint density at radius 2 is 1.59 bits per heavy atom. The van der Waals surface area contributed by atoms with Crippen molar-refractivity contribution in [1.82, 2.24) is 0 Å². The Kier molecular flexibility index (Phi) is 7.19. The fourth-order valence-electron chi connectivity index (χ4n) is 2.77. The van der Waals surface area contributed by atoms with Gasteiger partial charge in [-0.15, -0.1) is 0 Å². The number of esters is 1. The minimum Gasteiger partial charge on any atom is -0.493 e. The molecule has 0 saturated heterocycles. The van der Waals surface area contributed by atoms with E-state index in [2.05, 4.69) is 15.9 Å². The van der Waals surface area contributed by atoms with Crippen LogP contribution in [0.5, 0.6) is 5.75 Å². The number of ether oxygens (including phenoxy) is 2. The Balaban J connectivity index is 1.65. The Labute approximate surface area is 178 Å². The molecule has 0 aliphatic carbocycles. The lowest BCUT2D eigenvalue weighted by atomic mass is 10.0. The average molecular weight is 453 g/mol. The van der Waals surface area contributed by atoms with Gasteiger partial charge in [-0.25, -0.2) is 4.79 Å². The smallest absolute Gasteiger partial charge is 0.342 e. The standard InChI is InChI=1S/C24H21BrO4/c1-2-14-28-23-13-12-20(25)15-21(23)24(27)29-16-22(26)19-10-8-18(9-11-19)17-6-4-3-5-7-17/h3-13,15H,2,14,16H2,1H3. The zero-order chi connectivity index (χ0) is 20.6. The van der Waals surface area contributed by atoms with Crippen LogP contribution in [0.1, 0.15) is 34.1 Å². The van der Waals surface area contributed by atoms with E-state index in [-0.39, 0.29) is 12.4 Å². The third kappa shape index (κ3) is 5.55. The highest BCUT2D eigenvalue weighted by Crippen LogP contribution is 2.24. The predicted molar refractivity (Wildman–Crippen MR) is 116 cm³/mol. The van der Waals surface area contributed by atoms with Gasteiger partial charge in [-0.1, -0.05) is 77.5 Å². The number of halogens is 1. The van der Waals surface area contributed by atoms with Crippen LogP contribution in [0.2, 0.25) is 0 Å². The summed E-state index contributed by atoms with van der Waals surface area (Å²) in [5, 5.41) is 0. The Hall–Kier alpha value is -2.92. The van der Waals surface area contributed by atoms with Gasteiger partial charge in [0, 0.05) is 10.0 Å². The number of Topliss-reactive ketones (excluding diaryl/α,β-unsaturated/α-hetero) is 1. The summed E-state index contributed by atoms with van der Waals surface area (Å²) in [5.74, 6) is -0.407. The monoisotopic (exact) mass is 452 g/mol. The minimum absolute atomic E-state index is 0.260. The minimum atomic E-state index is -0.591. The topological polar surface area (TPSA) is 52.6 Å². The summed E-state index contributed by atoms with van der Waals surface area (Å²) < 4.78 is 11.6. The number of hydrogen-bond donors (Lipinski definition) is 0. The molecule has 0 aliphatic rings. The van der Waals surface area contributed by atoms with E-state index in [1.165, 1.54) is 0 Å². The largest absolute Gasteiger partial charge is 0.493 e. The first-order valence-electron chi connectivity index (χ1n) is 9.36.